The summed E-state index contributed by atoms with van der Waals surface area (Å²) in [7, 11) is 0. The maximum absolute atomic E-state index is 12.4. The molecule has 1 aliphatic rings. The number of benzene rings is 1. The van der Waals surface area contributed by atoms with Crippen LogP contribution in [0.1, 0.15) is 30.6 Å². The number of amides is 1. The van der Waals surface area contributed by atoms with Crippen LogP contribution in [0.5, 0.6) is 11.5 Å². The standard InChI is InChI=1S/C16H21NO6/c1-3-22-12-6-5-11(9-13(12)23-4-2)14(18)17-16(15(19)20)7-8-21-10-16/h5-6,9H,3-4,7-8,10H2,1-2H3,(H,17,18)(H,19,20). The van der Waals surface area contributed by atoms with E-state index in [1.54, 1.807) is 18.2 Å². The molecule has 0 aliphatic carbocycles. The van der Waals surface area contributed by atoms with Crippen molar-refractivity contribution in [3.8, 4) is 11.5 Å². The van der Waals surface area contributed by atoms with Gasteiger partial charge in [0.15, 0.2) is 17.0 Å². The lowest BCUT2D eigenvalue weighted by Crippen LogP contribution is -2.55. The Kier molecular flexibility index (Phi) is 5.44. The molecule has 1 unspecified atom stereocenters. The van der Waals surface area contributed by atoms with Gasteiger partial charge in [-0.05, 0) is 32.0 Å². The monoisotopic (exact) mass is 323 g/mol. The Bertz CT molecular complexity index is 580. The van der Waals surface area contributed by atoms with Crippen LogP contribution in [0.3, 0.4) is 0 Å². The molecular formula is C16H21NO6. The molecule has 0 saturated carbocycles. The molecule has 126 valence electrons. The predicted octanol–water partition coefficient (Wildman–Crippen LogP) is 1.46. The van der Waals surface area contributed by atoms with Gasteiger partial charge < -0.3 is 24.6 Å². The summed E-state index contributed by atoms with van der Waals surface area (Å²) >= 11 is 0. The van der Waals surface area contributed by atoms with E-state index in [2.05, 4.69) is 5.32 Å². The van der Waals surface area contributed by atoms with Crippen LogP contribution in [0.25, 0.3) is 0 Å². The van der Waals surface area contributed by atoms with Gasteiger partial charge in [0.05, 0.1) is 19.8 Å². The molecule has 0 bridgehead atoms. The number of carbonyl (C=O) groups excluding carboxylic acids is 1. The van der Waals surface area contributed by atoms with E-state index >= 15 is 0 Å². The minimum Gasteiger partial charge on any atom is -0.490 e. The van der Waals surface area contributed by atoms with Crippen molar-refractivity contribution >= 4 is 11.9 Å². The van der Waals surface area contributed by atoms with Gasteiger partial charge in [0.2, 0.25) is 0 Å². The first-order valence-corrected chi connectivity index (χ1v) is 7.55. The van der Waals surface area contributed by atoms with E-state index in [0.717, 1.165) is 0 Å². The normalized spacial score (nSPS) is 20.1. The van der Waals surface area contributed by atoms with E-state index in [4.69, 9.17) is 14.2 Å². The van der Waals surface area contributed by atoms with Crippen molar-refractivity contribution in [2.24, 2.45) is 0 Å². The second-order valence-corrected chi connectivity index (χ2v) is 5.17. The predicted molar refractivity (Wildman–Crippen MR) is 82.0 cm³/mol. The highest BCUT2D eigenvalue weighted by molar-refractivity contribution is 5.98. The SMILES string of the molecule is CCOc1ccc(C(=O)NC2(C(=O)O)CCOC2)cc1OCC. The van der Waals surface area contributed by atoms with Crippen LogP contribution in [-0.4, -0.2) is 48.9 Å². The molecular weight excluding hydrogens is 302 g/mol. The third-order valence-electron chi connectivity index (χ3n) is 3.59. The molecule has 1 saturated heterocycles. The second-order valence-electron chi connectivity index (χ2n) is 5.17. The molecule has 7 heteroatoms. The van der Waals surface area contributed by atoms with Crippen molar-refractivity contribution < 1.29 is 28.9 Å². The minimum atomic E-state index is -1.37. The van der Waals surface area contributed by atoms with Crippen molar-refractivity contribution in [2.75, 3.05) is 26.4 Å². The summed E-state index contributed by atoms with van der Waals surface area (Å²) in [6.45, 7) is 4.86. The van der Waals surface area contributed by atoms with Crippen molar-refractivity contribution in [2.45, 2.75) is 25.8 Å². The van der Waals surface area contributed by atoms with Crippen LogP contribution < -0.4 is 14.8 Å². The van der Waals surface area contributed by atoms with Gasteiger partial charge in [0.25, 0.3) is 5.91 Å². The Morgan fingerprint density at radius 3 is 2.52 bits per heavy atom. The number of carboxylic acids is 1. The number of aliphatic carboxylic acids is 1. The molecule has 1 heterocycles. The van der Waals surface area contributed by atoms with Crippen molar-refractivity contribution in [1.82, 2.24) is 5.32 Å². The fourth-order valence-electron chi connectivity index (χ4n) is 2.37. The highest BCUT2D eigenvalue weighted by Gasteiger charge is 2.44. The van der Waals surface area contributed by atoms with Crippen LogP contribution in [-0.2, 0) is 9.53 Å². The summed E-state index contributed by atoms with van der Waals surface area (Å²) in [6, 6.07) is 4.77. The van der Waals surface area contributed by atoms with E-state index in [0.29, 0.717) is 36.9 Å². The van der Waals surface area contributed by atoms with Gasteiger partial charge in [-0.2, -0.15) is 0 Å². The highest BCUT2D eigenvalue weighted by atomic mass is 16.5. The van der Waals surface area contributed by atoms with Crippen LogP contribution in [0, 0.1) is 0 Å². The number of carboxylic acid groups (broad SMARTS) is 1. The van der Waals surface area contributed by atoms with E-state index in [-0.39, 0.29) is 13.0 Å². The number of nitrogens with one attached hydrogen (secondary N) is 1. The second kappa shape index (κ2) is 7.32. The molecule has 1 aliphatic heterocycles. The molecule has 0 radical (unpaired) electrons. The van der Waals surface area contributed by atoms with Crippen LogP contribution >= 0.6 is 0 Å². The van der Waals surface area contributed by atoms with Crippen molar-refractivity contribution in [3.05, 3.63) is 23.8 Å². The molecule has 1 fully saturated rings. The maximum atomic E-state index is 12.4. The van der Waals surface area contributed by atoms with Crippen LogP contribution in [0.2, 0.25) is 0 Å². The molecule has 23 heavy (non-hydrogen) atoms. The van der Waals surface area contributed by atoms with Crippen molar-refractivity contribution in [1.29, 1.82) is 0 Å². The summed E-state index contributed by atoms with van der Waals surface area (Å²) < 4.78 is 16.1. The van der Waals surface area contributed by atoms with E-state index in [1.165, 1.54) is 0 Å². The van der Waals surface area contributed by atoms with Crippen LogP contribution in [0.15, 0.2) is 18.2 Å². The fraction of sp³-hybridized carbons (Fsp3) is 0.500. The summed E-state index contributed by atoms with van der Waals surface area (Å²) in [6.07, 6.45) is 0.240. The molecule has 0 spiro atoms. The largest absolute Gasteiger partial charge is 0.490 e. The summed E-state index contributed by atoms with van der Waals surface area (Å²) in [5.74, 6) is -0.585. The van der Waals surface area contributed by atoms with Gasteiger partial charge in [-0.15, -0.1) is 0 Å². The zero-order chi connectivity index (χ0) is 16.9. The lowest BCUT2D eigenvalue weighted by Gasteiger charge is -2.24. The average Bonchev–Trinajstić information content (AvgIpc) is 2.99. The Balaban J connectivity index is 2.21. The topological polar surface area (TPSA) is 94.1 Å². The molecule has 2 rings (SSSR count). The van der Waals surface area contributed by atoms with Gasteiger partial charge in [-0.1, -0.05) is 0 Å². The Morgan fingerprint density at radius 1 is 1.26 bits per heavy atom. The summed E-state index contributed by atoms with van der Waals surface area (Å²) in [4.78, 5) is 23.9. The Morgan fingerprint density at radius 2 is 1.96 bits per heavy atom. The highest BCUT2D eigenvalue weighted by Crippen LogP contribution is 2.29. The summed E-state index contributed by atoms with van der Waals surface area (Å²) in [5.41, 5.74) is -1.06. The zero-order valence-corrected chi connectivity index (χ0v) is 13.3. The number of hydrogen-bond acceptors (Lipinski definition) is 5. The van der Waals surface area contributed by atoms with Gasteiger partial charge in [0.1, 0.15) is 0 Å². The number of carbonyl (C=O) groups is 2. The van der Waals surface area contributed by atoms with E-state index in [9.17, 15) is 14.7 Å². The van der Waals surface area contributed by atoms with Gasteiger partial charge in [-0.25, -0.2) is 4.79 Å². The minimum absolute atomic E-state index is 0.0383. The first-order chi connectivity index (χ1) is 11.0. The molecule has 2 N–H and O–H groups in total. The lowest BCUT2D eigenvalue weighted by molar-refractivity contribution is -0.144. The van der Waals surface area contributed by atoms with Crippen LogP contribution in [0.4, 0.5) is 0 Å². The summed E-state index contributed by atoms with van der Waals surface area (Å²) in [5, 5.41) is 11.9. The van der Waals surface area contributed by atoms with Gasteiger partial charge in [0, 0.05) is 18.6 Å². The smallest absolute Gasteiger partial charge is 0.331 e. The van der Waals surface area contributed by atoms with Gasteiger partial charge in [-0.3, -0.25) is 4.79 Å². The third-order valence-corrected chi connectivity index (χ3v) is 3.59. The number of rotatable bonds is 7. The maximum Gasteiger partial charge on any atom is 0.331 e. The lowest BCUT2D eigenvalue weighted by atomic mass is 9.98. The molecule has 7 nitrogen and oxygen atoms in total. The first kappa shape index (κ1) is 17.1. The number of hydrogen-bond donors (Lipinski definition) is 2. The molecule has 1 atom stereocenters. The van der Waals surface area contributed by atoms with Gasteiger partial charge >= 0.3 is 5.97 Å². The molecule has 1 amide bonds. The fourth-order valence-corrected chi connectivity index (χ4v) is 2.37. The van der Waals surface area contributed by atoms with Crippen molar-refractivity contribution in [3.63, 3.8) is 0 Å². The van der Waals surface area contributed by atoms with E-state index in [1.807, 2.05) is 13.8 Å². The molecule has 1 aromatic carbocycles. The average molecular weight is 323 g/mol. The Hall–Kier alpha value is -2.28. The first-order valence-electron chi connectivity index (χ1n) is 7.55. The number of ether oxygens (including phenoxy) is 3. The third kappa shape index (κ3) is 3.73. The molecule has 1 aromatic rings. The quantitative estimate of drug-likeness (QED) is 0.789. The molecule has 0 aromatic heterocycles. The van der Waals surface area contributed by atoms with E-state index < -0.39 is 17.4 Å². The Labute approximate surface area is 134 Å². The zero-order valence-electron chi connectivity index (χ0n) is 13.3.